The van der Waals surface area contributed by atoms with Crippen LogP contribution in [-0.4, -0.2) is 37.4 Å². The molecule has 0 aliphatic heterocycles. The lowest BCUT2D eigenvalue weighted by molar-refractivity contribution is -0.129. The van der Waals surface area contributed by atoms with E-state index in [1.54, 1.807) is 29.4 Å². The summed E-state index contributed by atoms with van der Waals surface area (Å²) in [5.74, 6) is -0.0305. The number of rotatable bonds is 7. The smallest absolute Gasteiger partial charge is 0.233 e. The van der Waals surface area contributed by atoms with E-state index in [1.807, 2.05) is 34.9 Å². The monoisotopic (exact) mass is 382 g/mol. The normalized spacial score (nSPS) is 13.5. The zero-order valence-electron chi connectivity index (χ0n) is 14.7. The van der Waals surface area contributed by atoms with Gasteiger partial charge in [0.05, 0.1) is 5.75 Å². The predicted molar refractivity (Wildman–Crippen MR) is 102 cm³/mol. The molecule has 1 aromatic heterocycles. The first-order chi connectivity index (χ1) is 13.2. The van der Waals surface area contributed by atoms with Gasteiger partial charge in [0.25, 0.3) is 0 Å². The molecule has 7 heteroatoms. The Morgan fingerprint density at radius 2 is 1.89 bits per heavy atom. The molecule has 1 saturated carbocycles. The lowest BCUT2D eigenvalue weighted by Gasteiger charge is -2.22. The number of amides is 1. The van der Waals surface area contributed by atoms with Crippen LogP contribution in [-0.2, 0) is 11.3 Å². The van der Waals surface area contributed by atoms with Crippen LogP contribution in [0.3, 0.4) is 0 Å². The summed E-state index contributed by atoms with van der Waals surface area (Å²) in [6, 6.07) is 16.6. The van der Waals surface area contributed by atoms with E-state index in [0.29, 0.717) is 17.3 Å². The highest BCUT2D eigenvalue weighted by Crippen LogP contribution is 2.30. The third-order valence-corrected chi connectivity index (χ3v) is 5.41. The number of aromatic nitrogens is 3. The number of thioether (sulfide) groups is 1. The van der Waals surface area contributed by atoms with E-state index in [1.165, 1.54) is 17.8 Å². The van der Waals surface area contributed by atoms with E-state index in [9.17, 15) is 9.18 Å². The van der Waals surface area contributed by atoms with Crippen LogP contribution in [0.15, 0.2) is 66.1 Å². The number of para-hydroxylation sites is 1. The van der Waals surface area contributed by atoms with Crippen molar-refractivity contribution < 1.29 is 9.18 Å². The van der Waals surface area contributed by atoms with Crippen LogP contribution in [0.5, 0.6) is 0 Å². The third-order valence-electron chi connectivity index (χ3n) is 4.48. The van der Waals surface area contributed by atoms with Gasteiger partial charge in [0, 0.05) is 23.8 Å². The lowest BCUT2D eigenvalue weighted by Crippen LogP contribution is -2.34. The summed E-state index contributed by atoms with van der Waals surface area (Å²) in [7, 11) is 0. The first-order valence-electron chi connectivity index (χ1n) is 8.83. The molecular weight excluding hydrogens is 363 g/mol. The van der Waals surface area contributed by atoms with Crippen LogP contribution < -0.4 is 0 Å². The molecular formula is C20H19FN4OS. The number of benzene rings is 2. The summed E-state index contributed by atoms with van der Waals surface area (Å²) in [6.07, 6.45) is 3.59. The van der Waals surface area contributed by atoms with Gasteiger partial charge >= 0.3 is 0 Å². The maximum atomic E-state index is 14.0. The molecule has 0 unspecified atom stereocenters. The van der Waals surface area contributed by atoms with E-state index in [0.717, 1.165) is 18.5 Å². The van der Waals surface area contributed by atoms with Crippen molar-refractivity contribution in [1.82, 2.24) is 19.7 Å². The maximum absolute atomic E-state index is 14.0. The summed E-state index contributed by atoms with van der Waals surface area (Å²) in [5, 5.41) is 8.76. The second kappa shape index (κ2) is 7.92. The first-order valence-corrected chi connectivity index (χ1v) is 9.82. The fraction of sp³-hybridized carbons (Fsp3) is 0.250. The van der Waals surface area contributed by atoms with Crippen LogP contribution in [0.1, 0.15) is 18.4 Å². The Morgan fingerprint density at radius 3 is 2.63 bits per heavy atom. The molecule has 4 rings (SSSR count). The highest BCUT2D eigenvalue weighted by Gasteiger charge is 2.33. The highest BCUT2D eigenvalue weighted by molar-refractivity contribution is 7.99. The van der Waals surface area contributed by atoms with Gasteiger partial charge in [-0.15, -0.1) is 10.2 Å². The van der Waals surface area contributed by atoms with E-state index < -0.39 is 0 Å². The summed E-state index contributed by atoms with van der Waals surface area (Å²) in [5.41, 5.74) is 1.50. The number of hydrogen-bond donors (Lipinski definition) is 0. The summed E-state index contributed by atoms with van der Waals surface area (Å²) in [6.45, 7) is 0.308. The molecule has 3 aromatic rings. The Kier molecular flexibility index (Phi) is 5.20. The fourth-order valence-corrected chi connectivity index (χ4v) is 3.73. The fourth-order valence-electron chi connectivity index (χ4n) is 2.91. The van der Waals surface area contributed by atoms with Crippen LogP contribution in [0, 0.1) is 5.82 Å². The minimum atomic E-state index is -0.271. The molecule has 0 N–H and O–H groups in total. The summed E-state index contributed by atoms with van der Waals surface area (Å²) >= 11 is 1.35. The van der Waals surface area contributed by atoms with Crippen molar-refractivity contribution in [3.05, 3.63) is 72.3 Å². The van der Waals surface area contributed by atoms with Crippen molar-refractivity contribution in [3.63, 3.8) is 0 Å². The third kappa shape index (κ3) is 4.19. The van der Waals surface area contributed by atoms with E-state index in [-0.39, 0.29) is 23.5 Å². The van der Waals surface area contributed by atoms with Crippen molar-refractivity contribution in [2.45, 2.75) is 30.6 Å². The molecule has 27 heavy (non-hydrogen) atoms. The number of nitrogens with zero attached hydrogens (tertiary/aromatic N) is 4. The van der Waals surface area contributed by atoms with Gasteiger partial charge in [-0.25, -0.2) is 4.39 Å². The molecule has 1 aliphatic carbocycles. The van der Waals surface area contributed by atoms with Gasteiger partial charge < -0.3 is 4.90 Å². The van der Waals surface area contributed by atoms with Gasteiger partial charge in [-0.1, -0.05) is 48.2 Å². The van der Waals surface area contributed by atoms with Gasteiger partial charge in [-0.3, -0.25) is 9.36 Å². The van der Waals surface area contributed by atoms with Crippen molar-refractivity contribution in [2.24, 2.45) is 0 Å². The number of hydrogen-bond acceptors (Lipinski definition) is 4. The maximum Gasteiger partial charge on any atom is 0.233 e. The molecule has 138 valence electrons. The number of carbonyl (C=O) groups is 1. The van der Waals surface area contributed by atoms with Gasteiger partial charge in [0.1, 0.15) is 12.1 Å². The summed E-state index contributed by atoms with van der Waals surface area (Å²) in [4.78, 5) is 14.6. The molecule has 0 atom stereocenters. The Hall–Kier alpha value is -2.67. The van der Waals surface area contributed by atoms with Crippen LogP contribution in [0.2, 0.25) is 0 Å². The number of halogens is 1. The first kappa shape index (κ1) is 17.7. The largest absolute Gasteiger partial charge is 0.335 e. The molecule has 2 aromatic carbocycles. The van der Waals surface area contributed by atoms with Crippen LogP contribution in [0.4, 0.5) is 4.39 Å². The number of carbonyl (C=O) groups excluding carboxylic acids is 1. The Labute approximate surface area is 161 Å². The Morgan fingerprint density at radius 1 is 1.15 bits per heavy atom. The van der Waals surface area contributed by atoms with Crippen molar-refractivity contribution in [1.29, 1.82) is 0 Å². The Bertz CT molecular complexity index is 926. The molecule has 1 fully saturated rings. The molecule has 0 spiro atoms. The molecule has 1 aliphatic rings. The predicted octanol–water partition coefficient (Wildman–Crippen LogP) is 3.69. The zero-order chi connectivity index (χ0) is 18.6. The second-order valence-corrected chi connectivity index (χ2v) is 7.39. The zero-order valence-corrected chi connectivity index (χ0v) is 15.5. The molecule has 0 radical (unpaired) electrons. The van der Waals surface area contributed by atoms with Crippen LogP contribution in [0.25, 0.3) is 5.69 Å². The average Bonchev–Trinajstić information content (AvgIpc) is 3.43. The van der Waals surface area contributed by atoms with E-state index in [2.05, 4.69) is 10.2 Å². The highest BCUT2D eigenvalue weighted by atomic mass is 32.2. The van der Waals surface area contributed by atoms with E-state index >= 15 is 0 Å². The SMILES string of the molecule is O=C(CSc1nncn1-c1ccccc1)N(Cc1ccccc1F)C1CC1. The molecule has 1 heterocycles. The topological polar surface area (TPSA) is 51.0 Å². The molecule has 0 saturated heterocycles. The van der Waals surface area contributed by atoms with Crippen molar-refractivity contribution in [2.75, 3.05) is 5.75 Å². The second-order valence-electron chi connectivity index (χ2n) is 6.45. The summed E-state index contributed by atoms with van der Waals surface area (Å²) < 4.78 is 15.8. The minimum absolute atomic E-state index is 0.00614. The van der Waals surface area contributed by atoms with Gasteiger partial charge in [0.15, 0.2) is 5.16 Å². The molecule has 1 amide bonds. The average molecular weight is 382 g/mol. The van der Waals surface area contributed by atoms with Gasteiger partial charge in [0.2, 0.25) is 5.91 Å². The molecule has 5 nitrogen and oxygen atoms in total. The van der Waals surface area contributed by atoms with E-state index in [4.69, 9.17) is 0 Å². The van der Waals surface area contributed by atoms with Crippen molar-refractivity contribution in [3.8, 4) is 5.69 Å². The Balaban J connectivity index is 1.44. The quantitative estimate of drug-likeness (QED) is 0.585. The van der Waals surface area contributed by atoms with Gasteiger partial charge in [-0.05, 0) is 31.0 Å². The molecule has 0 bridgehead atoms. The van der Waals surface area contributed by atoms with Gasteiger partial charge in [-0.2, -0.15) is 0 Å². The minimum Gasteiger partial charge on any atom is -0.335 e. The lowest BCUT2D eigenvalue weighted by atomic mass is 10.2. The van der Waals surface area contributed by atoms with Crippen molar-refractivity contribution >= 4 is 17.7 Å². The van der Waals surface area contributed by atoms with Crippen LogP contribution >= 0.6 is 11.8 Å². The standard InChI is InChI=1S/C20H19FN4OS/c21-18-9-5-4-6-15(18)12-24(17-10-11-17)19(26)13-27-20-23-22-14-25(20)16-7-2-1-3-8-16/h1-9,14,17H,10-13H2.